The highest BCUT2D eigenvalue weighted by molar-refractivity contribution is 5.92. The largest absolute Gasteiger partial charge is 0.350 e. The number of amides is 1. The molecule has 0 spiro atoms. The molecule has 1 heterocycles. The van der Waals surface area contributed by atoms with Gasteiger partial charge in [0.05, 0.1) is 0 Å². The lowest BCUT2D eigenvalue weighted by Gasteiger charge is -2.56. The molecule has 1 N–H and O–H groups in total. The number of carbonyl (C=O) groups excluding carboxylic acids is 1. The van der Waals surface area contributed by atoms with Crippen molar-refractivity contribution in [3.63, 3.8) is 0 Å². The van der Waals surface area contributed by atoms with Gasteiger partial charge in [0.25, 0.3) is 5.91 Å². The van der Waals surface area contributed by atoms with Gasteiger partial charge in [-0.3, -0.25) is 4.79 Å². The summed E-state index contributed by atoms with van der Waals surface area (Å²) in [6, 6.07) is 1.35. The van der Waals surface area contributed by atoms with Crippen LogP contribution in [-0.2, 0) is 0 Å². The van der Waals surface area contributed by atoms with Crippen LogP contribution in [-0.4, -0.2) is 22.2 Å². The number of hydrogen-bond donors (Lipinski definition) is 1. The molecule has 4 aliphatic rings. The number of nitrogens with zero attached hydrogens (tertiary/aromatic N) is 2. The van der Waals surface area contributed by atoms with Crippen LogP contribution >= 0.6 is 0 Å². The van der Waals surface area contributed by atoms with E-state index >= 15 is 0 Å². The molecular formula is C16H21F2N3O. The summed E-state index contributed by atoms with van der Waals surface area (Å²) in [6.07, 6.45) is 8.88. The number of rotatable bonds is 4. The molecule has 4 saturated carbocycles. The van der Waals surface area contributed by atoms with Crippen LogP contribution in [0.5, 0.6) is 0 Å². The van der Waals surface area contributed by atoms with E-state index in [0.29, 0.717) is 11.2 Å². The Labute approximate surface area is 128 Å². The Morgan fingerprint density at radius 1 is 1.27 bits per heavy atom. The second-order valence-electron chi connectivity index (χ2n) is 7.56. The van der Waals surface area contributed by atoms with Crippen molar-refractivity contribution in [2.45, 2.75) is 45.1 Å². The zero-order valence-corrected chi connectivity index (χ0v) is 12.5. The van der Waals surface area contributed by atoms with Crippen molar-refractivity contribution in [3.05, 3.63) is 18.0 Å². The minimum atomic E-state index is -2.70. The second-order valence-corrected chi connectivity index (χ2v) is 7.56. The number of hydrogen-bond acceptors (Lipinski definition) is 2. The molecule has 0 saturated heterocycles. The standard InChI is InChI=1S/C16H21F2N3O/c17-15(18)21-2-1-13(20-21)14(22)19-9-16-6-10-3-11(7-16)5-12(4-10)8-16/h1-2,10-12,15H,3-9H2,(H,19,22). The first-order chi connectivity index (χ1) is 10.5. The number of carbonyl (C=O) groups is 1. The fourth-order valence-electron chi connectivity index (χ4n) is 5.43. The maximum atomic E-state index is 12.5. The Hall–Kier alpha value is -1.46. The Kier molecular flexibility index (Phi) is 3.24. The lowest BCUT2D eigenvalue weighted by atomic mass is 9.49. The minimum absolute atomic E-state index is 0.0741. The molecule has 0 aliphatic heterocycles. The quantitative estimate of drug-likeness (QED) is 0.928. The first-order valence-electron chi connectivity index (χ1n) is 8.14. The molecule has 6 heteroatoms. The summed E-state index contributed by atoms with van der Waals surface area (Å²) in [5.41, 5.74) is 0.320. The average Bonchev–Trinajstić information content (AvgIpc) is 2.93. The van der Waals surface area contributed by atoms with Crippen molar-refractivity contribution in [2.75, 3.05) is 6.54 Å². The van der Waals surface area contributed by atoms with Gasteiger partial charge in [0, 0.05) is 12.7 Å². The smallest absolute Gasteiger partial charge is 0.333 e. The van der Waals surface area contributed by atoms with Gasteiger partial charge >= 0.3 is 6.55 Å². The molecule has 4 nitrogen and oxygen atoms in total. The van der Waals surface area contributed by atoms with Crippen molar-refractivity contribution < 1.29 is 13.6 Å². The van der Waals surface area contributed by atoms with Gasteiger partial charge in [-0.25, -0.2) is 4.68 Å². The highest BCUT2D eigenvalue weighted by Crippen LogP contribution is 2.59. The molecule has 4 bridgehead atoms. The molecule has 0 atom stereocenters. The third kappa shape index (κ3) is 2.42. The first-order valence-corrected chi connectivity index (χ1v) is 8.14. The van der Waals surface area contributed by atoms with E-state index in [1.807, 2.05) is 0 Å². The fourth-order valence-corrected chi connectivity index (χ4v) is 5.43. The van der Waals surface area contributed by atoms with E-state index in [4.69, 9.17) is 0 Å². The molecule has 0 radical (unpaired) electrons. The monoisotopic (exact) mass is 309 g/mol. The molecule has 1 aromatic heterocycles. The Morgan fingerprint density at radius 2 is 1.86 bits per heavy atom. The summed E-state index contributed by atoms with van der Waals surface area (Å²) < 4.78 is 25.5. The van der Waals surface area contributed by atoms with E-state index in [0.717, 1.165) is 24.0 Å². The highest BCUT2D eigenvalue weighted by atomic mass is 19.3. The van der Waals surface area contributed by atoms with Crippen LogP contribution in [0.4, 0.5) is 8.78 Å². The lowest BCUT2D eigenvalue weighted by Crippen LogP contribution is -2.51. The van der Waals surface area contributed by atoms with Crippen molar-refractivity contribution in [1.82, 2.24) is 15.1 Å². The molecule has 1 amide bonds. The number of nitrogens with one attached hydrogen (secondary N) is 1. The van der Waals surface area contributed by atoms with Crippen LogP contribution < -0.4 is 5.32 Å². The molecule has 4 aliphatic carbocycles. The van der Waals surface area contributed by atoms with Gasteiger partial charge in [0.15, 0.2) is 0 Å². The summed E-state index contributed by atoms with van der Waals surface area (Å²) in [5.74, 6) is 2.17. The van der Waals surface area contributed by atoms with Gasteiger partial charge in [0.1, 0.15) is 5.69 Å². The molecular weight excluding hydrogens is 288 g/mol. The van der Waals surface area contributed by atoms with Gasteiger partial charge in [-0.1, -0.05) is 0 Å². The molecule has 120 valence electrons. The Balaban J connectivity index is 1.40. The van der Waals surface area contributed by atoms with Gasteiger partial charge in [-0.15, -0.1) is 0 Å². The van der Waals surface area contributed by atoms with Gasteiger partial charge in [-0.2, -0.15) is 13.9 Å². The number of halogens is 2. The third-order valence-corrected chi connectivity index (χ3v) is 5.83. The normalized spacial score (nSPS) is 36.0. The number of alkyl halides is 2. The van der Waals surface area contributed by atoms with Crippen LogP contribution in [0.3, 0.4) is 0 Å². The van der Waals surface area contributed by atoms with E-state index in [1.165, 1.54) is 44.6 Å². The summed E-state index contributed by atoms with van der Waals surface area (Å²) >= 11 is 0. The van der Waals surface area contributed by atoms with E-state index in [1.54, 1.807) is 0 Å². The first kappa shape index (κ1) is 14.2. The van der Waals surface area contributed by atoms with Crippen molar-refractivity contribution >= 4 is 5.91 Å². The Morgan fingerprint density at radius 3 is 2.36 bits per heavy atom. The molecule has 1 aromatic rings. The van der Waals surface area contributed by atoms with Crippen LogP contribution in [0.2, 0.25) is 0 Å². The molecule has 5 rings (SSSR count). The zero-order chi connectivity index (χ0) is 15.3. The maximum absolute atomic E-state index is 12.5. The van der Waals surface area contributed by atoms with Crippen molar-refractivity contribution in [1.29, 1.82) is 0 Å². The topological polar surface area (TPSA) is 46.9 Å². The second kappa shape index (κ2) is 5.03. The van der Waals surface area contributed by atoms with E-state index < -0.39 is 6.55 Å². The average molecular weight is 309 g/mol. The van der Waals surface area contributed by atoms with Gasteiger partial charge < -0.3 is 5.32 Å². The van der Waals surface area contributed by atoms with E-state index in [-0.39, 0.29) is 17.0 Å². The summed E-state index contributed by atoms with van der Waals surface area (Å²) in [7, 11) is 0. The SMILES string of the molecule is O=C(NCC12CC3CC(CC(C3)C1)C2)c1ccn(C(F)F)n1. The molecule has 0 aromatic carbocycles. The van der Waals surface area contributed by atoms with Crippen molar-refractivity contribution in [3.8, 4) is 0 Å². The van der Waals surface area contributed by atoms with E-state index in [2.05, 4.69) is 10.4 Å². The summed E-state index contributed by atoms with van der Waals surface area (Å²) in [6.45, 7) is -2.04. The van der Waals surface area contributed by atoms with Crippen LogP contribution in [0.15, 0.2) is 12.3 Å². The van der Waals surface area contributed by atoms with Gasteiger partial charge in [0.2, 0.25) is 0 Å². The van der Waals surface area contributed by atoms with Crippen molar-refractivity contribution in [2.24, 2.45) is 23.2 Å². The van der Waals surface area contributed by atoms with Crippen LogP contribution in [0.25, 0.3) is 0 Å². The van der Waals surface area contributed by atoms with Gasteiger partial charge in [-0.05, 0) is 67.8 Å². The maximum Gasteiger partial charge on any atom is 0.333 e. The summed E-state index contributed by atoms with van der Waals surface area (Å²) in [5, 5.41) is 6.58. The highest BCUT2D eigenvalue weighted by Gasteiger charge is 2.50. The summed E-state index contributed by atoms with van der Waals surface area (Å²) in [4.78, 5) is 12.1. The minimum Gasteiger partial charge on any atom is -0.350 e. The zero-order valence-electron chi connectivity index (χ0n) is 12.5. The third-order valence-electron chi connectivity index (χ3n) is 5.83. The lowest BCUT2D eigenvalue weighted by molar-refractivity contribution is -0.0503. The fraction of sp³-hybridized carbons (Fsp3) is 0.750. The molecule has 4 fully saturated rings. The predicted octanol–water partition coefficient (Wildman–Crippen LogP) is 3.22. The van der Waals surface area contributed by atoms with Crippen LogP contribution in [0.1, 0.15) is 55.6 Å². The number of aromatic nitrogens is 2. The Bertz CT molecular complexity index is 548. The van der Waals surface area contributed by atoms with E-state index in [9.17, 15) is 13.6 Å². The molecule has 0 unspecified atom stereocenters. The molecule has 22 heavy (non-hydrogen) atoms. The predicted molar refractivity (Wildman–Crippen MR) is 76.4 cm³/mol. The van der Waals surface area contributed by atoms with Crippen LogP contribution in [0, 0.1) is 23.2 Å².